The summed E-state index contributed by atoms with van der Waals surface area (Å²) >= 11 is 3.21. The maximum absolute atomic E-state index is 11.7. The number of pyridine rings is 1. The van der Waals surface area contributed by atoms with Crippen LogP contribution in [0, 0.1) is 0 Å². The molecule has 0 radical (unpaired) electrons. The van der Waals surface area contributed by atoms with E-state index < -0.39 is 0 Å². The Balaban J connectivity index is 2.10. The number of hydrogen-bond acceptors (Lipinski definition) is 3. The SMILES string of the molecule is Nc1c[nH]c(C(=O)Nc2ccc(Br)nc2)c1. The minimum Gasteiger partial charge on any atom is -0.397 e. The molecule has 2 heterocycles. The topological polar surface area (TPSA) is 83.8 Å². The first kappa shape index (κ1) is 10.7. The Hall–Kier alpha value is -1.82. The molecule has 0 saturated carbocycles. The number of amides is 1. The minimum atomic E-state index is -0.249. The molecule has 0 aromatic carbocycles. The van der Waals surface area contributed by atoms with Gasteiger partial charge in [0.25, 0.3) is 5.91 Å². The number of H-pyrrole nitrogens is 1. The van der Waals surface area contributed by atoms with Gasteiger partial charge in [0.1, 0.15) is 10.3 Å². The van der Waals surface area contributed by atoms with Gasteiger partial charge in [0.2, 0.25) is 0 Å². The van der Waals surface area contributed by atoms with Gasteiger partial charge in [-0.3, -0.25) is 4.79 Å². The van der Waals surface area contributed by atoms with E-state index in [0.29, 0.717) is 17.1 Å². The van der Waals surface area contributed by atoms with Crippen LogP contribution in [0.3, 0.4) is 0 Å². The molecule has 0 spiro atoms. The number of nitrogens with two attached hydrogens (primary N) is 1. The standard InChI is InChI=1S/C10H9BrN4O/c11-9-2-1-7(5-14-9)15-10(16)8-3-6(12)4-13-8/h1-5,13H,12H2,(H,15,16). The van der Waals surface area contributed by atoms with Crippen molar-refractivity contribution >= 4 is 33.2 Å². The van der Waals surface area contributed by atoms with Gasteiger partial charge in [0.05, 0.1) is 11.9 Å². The first-order chi connectivity index (χ1) is 7.65. The van der Waals surface area contributed by atoms with Crippen molar-refractivity contribution < 1.29 is 4.79 Å². The maximum atomic E-state index is 11.7. The van der Waals surface area contributed by atoms with Gasteiger partial charge in [-0.25, -0.2) is 4.98 Å². The summed E-state index contributed by atoms with van der Waals surface area (Å²) in [5.41, 5.74) is 7.07. The van der Waals surface area contributed by atoms with Gasteiger partial charge in [0, 0.05) is 11.9 Å². The normalized spacial score (nSPS) is 10.1. The lowest BCUT2D eigenvalue weighted by Gasteiger charge is -2.02. The van der Waals surface area contributed by atoms with Crippen LogP contribution in [0.4, 0.5) is 11.4 Å². The summed E-state index contributed by atoms with van der Waals surface area (Å²) in [5.74, 6) is -0.249. The third-order valence-corrected chi connectivity index (χ3v) is 2.40. The van der Waals surface area contributed by atoms with Crippen molar-refractivity contribution in [2.45, 2.75) is 0 Å². The zero-order valence-corrected chi connectivity index (χ0v) is 9.78. The number of aromatic amines is 1. The lowest BCUT2D eigenvalue weighted by Crippen LogP contribution is -2.12. The Morgan fingerprint density at radius 3 is 2.88 bits per heavy atom. The molecule has 82 valence electrons. The molecule has 2 aromatic heterocycles. The molecular weight excluding hydrogens is 272 g/mol. The van der Waals surface area contributed by atoms with E-state index in [-0.39, 0.29) is 5.91 Å². The van der Waals surface area contributed by atoms with Crippen molar-refractivity contribution in [1.82, 2.24) is 9.97 Å². The Morgan fingerprint density at radius 2 is 2.31 bits per heavy atom. The average molecular weight is 281 g/mol. The van der Waals surface area contributed by atoms with Gasteiger partial charge in [-0.15, -0.1) is 0 Å². The molecule has 6 heteroatoms. The highest BCUT2D eigenvalue weighted by Gasteiger charge is 2.07. The van der Waals surface area contributed by atoms with E-state index in [1.54, 1.807) is 30.6 Å². The molecule has 2 rings (SSSR count). The molecule has 5 nitrogen and oxygen atoms in total. The van der Waals surface area contributed by atoms with Gasteiger partial charge in [0.15, 0.2) is 0 Å². The Bertz CT molecular complexity index is 506. The number of nitrogen functional groups attached to an aromatic ring is 1. The first-order valence-electron chi connectivity index (χ1n) is 4.52. The zero-order valence-electron chi connectivity index (χ0n) is 8.20. The highest BCUT2D eigenvalue weighted by atomic mass is 79.9. The number of anilines is 2. The van der Waals surface area contributed by atoms with Crippen LogP contribution in [0.1, 0.15) is 10.5 Å². The van der Waals surface area contributed by atoms with Crippen LogP contribution in [0.25, 0.3) is 0 Å². The largest absolute Gasteiger partial charge is 0.397 e. The molecule has 0 aliphatic rings. The molecule has 0 aliphatic heterocycles. The van der Waals surface area contributed by atoms with E-state index >= 15 is 0 Å². The predicted molar refractivity (Wildman–Crippen MR) is 65.1 cm³/mol. The summed E-state index contributed by atoms with van der Waals surface area (Å²) in [7, 11) is 0. The van der Waals surface area contributed by atoms with Crippen molar-refractivity contribution in [3.05, 3.63) is 40.9 Å². The van der Waals surface area contributed by atoms with Crippen molar-refractivity contribution in [3.8, 4) is 0 Å². The van der Waals surface area contributed by atoms with E-state index in [1.807, 2.05) is 0 Å². The fraction of sp³-hybridized carbons (Fsp3) is 0. The van der Waals surface area contributed by atoms with Gasteiger partial charge in [-0.05, 0) is 34.1 Å². The summed E-state index contributed by atoms with van der Waals surface area (Å²) < 4.78 is 0.717. The quantitative estimate of drug-likeness (QED) is 0.736. The fourth-order valence-corrected chi connectivity index (χ4v) is 1.42. The van der Waals surface area contributed by atoms with E-state index in [9.17, 15) is 4.79 Å². The Labute approximate surface area is 100 Å². The predicted octanol–water partition coefficient (Wildman–Crippen LogP) is 2.01. The molecule has 2 aromatic rings. The number of carbonyl (C=O) groups is 1. The fourth-order valence-electron chi connectivity index (χ4n) is 1.19. The number of halogens is 1. The number of rotatable bonds is 2. The first-order valence-corrected chi connectivity index (χ1v) is 5.31. The van der Waals surface area contributed by atoms with Crippen LogP contribution in [0.5, 0.6) is 0 Å². The van der Waals surface area contributed by atoms with Crippen LogP contribution in [0.2, 0.25) is 0 Å². The highest BCUT2D eigenvalue weighted by molar-refractivity contribution is 9.10. The number of carbonyl (C=O) groups excluding carboxylic acids is 1. The average Bonchev–Trinajstić information content (AvgIpc) is 2.68. The number of nitrogens with one attached hydrogen (secondary N) is 2. The molecule has 0 fully saturated rings. The smallest absolute Gasteiger partial charge is 0.272 e. The van der Waals surface area contributed by atoms with Crippen LogP contribution in [-0.4, -0.2) is 15.9 Å². The van der Waals surface area contributed by atoms with Gasteiger partial charge < -0.3 is 16.0 Å². The number of aromatic nitrogens is 2. The van der Waals surface area contributed by atoms with Gasteiger partial charge in [-0.2, -0.15) is 0 Å². The van der Waals surface area contributed by atoms with Crippen molar-refractivity contribution in [2.24, 2.45) is 0 Å². The third-order valence-electron chi connectivity index (χ3n) is 1.94. The van der Waals surface area contributed by atoms with E-state index in [2.05, 4.69) is 31.2 Å². The summed E-state index contributed by atoms with van der Waals surface area (Å²) in [6.45, 7) is 0. The lowest BCUT2D eigenvalue weighted by molar-refractivity contribution is 0.102. The van der Waals surface area contributed by atoms with Crippen LogP contribution in [-0.2, 0) is 0 Å². The molecule has 0 aliphatic carbocycles. The highest BCUT2D eigenvalue weighted by Crippen LogP contribution is 2.12. The second-order valence-electron chi connectivity index (χ2n) is 3.17. The van der Waals surface area contributed by atoms with Crippen molar-refractivity contribution in [2.75, 3.05) is 11.1 Å². The molecule has 0 saturated heterocycles. The molecule has 0 bridgehead atoms. The monoisotopic (exact) mass is 280 g/mol. The number of hydrogen-bond donors (Lipinski definition) is 3. The van der Waals surface area contributed by atoms with Crippen molar-refractivity contribution in [3.63, 3.8) is 0 Å². The molecule has 16 heavy (non-hydrogen) atoms. The summed E-state index contributed by atoms with van der Waals surface area (Å²) in [6.07, 6.45) is 3.13. The maximum Gasteiger partial charge on any atom is 0.272 e. The summed E-state index contributed by atoms with van der Waals surface area (Å²) in [4.78, 5) is 18.4. The molecule has 0 unspecified atom stereocenters. The van der Waals surface area contributed by atoms with Crippen molar-refractivity contribution in [1.29, 1.82) is 0 Å². The second-order valence-corrected chi connectivity index (χ2v) is 3.98. The Kier molecular flexibility index (Phi) is 2.91. The van der Waals surface area contributed by atoms with E-state index in [4.69, 9.17) is 5.73 Å². The summed E-state index contributed by atoms with van der Waals surface area (Å²) in [6, 6.07) is 5.07. The molecular formula is C10H9BrN4O. The zero-order chi connectivity index (χ0) is 11.5. The number of nitrogens with zero attached hydrogens (tertiary/aromatic N) is 1. The van der Waals surface area contributed by atoms with Gasteiger partial charge >= 0.3 is 0 Å². The van der Waals surface area contributed by atoms with E-state index in [0.717, 1.165) is 4.60 Å². The third kappa shape index (κ3) is 2.40. The lowest BCUT2D eigenvalue weighted by atomic mass is 10.3. The second kappa shape index (κ2) is 4.36. The van der Waals surface area contributed by atoms with Crippen LogP contribution < -0.4 is 11.1 Å². The van der Waals surface area contributed by atoms with Crippen LogP contribution >= 0.6 is 15.9 Å². The van der Waals surface area contributed by atoms with E-state index in [1.165, 1.54) is 0 Å². The van der Waals surface area contributed by atoms with Crippen LogP contribution in [0.15, 0.2) is 35.2 Å². The Morgan fingerprint density at radius 1 is 1.50 bits per heavy atom. The molecule has 4 N–H and O–H groups in total. The van der Waals surface area contributed by atoms with Gasteiger partial charge in [-0.1, -0.05) is 0 Å². The summed E-state index contributed by atoms with van der Waals surface area (Å²) in [5, 5.41) is 2.69. The molecule has 1 amide bonds. The molecule has 0 atom stereocenters. The minimum absolute atomic E-state index is 0.249.